The summed E-state index contributed by atoms with van der Waals surface area (Å²) in [6.45, 7) is 1.84. The standard InChI is InChI=1S/C19H29Cl2N5O3/c1-25-17-12-14(22)16(26(9-7-20)10-8-21)13-15(17)23-19(25)29-11-5-3-2-4-6-18(27)24-28/h12-13,28H,2-11,22H2,1H3,(H,24,27). The van der Waals surface area contributed by atoms with E-state index in [9.17, 15) is 4.79 Å². The Bertz CT molecular complexity index is 794. The number of nitrogens with two attached hydrogens (primary N) is 1. The number of aryl methyl sites for hydroxylation is 1. The van der Waals surface area contributed by atoms with Gasteiger partial charge < -0.3 is 15.4 Å². The van der Waals surface area contributed by atoms with E-state index in [1.165, 1.54) is 0 Å². The zero-order valence-corrected chi connectivity index (χ0v) is 18.2. The van der Waals surface area contributed by atoms with Crippen molar-refractivity contribution in [1.29, 1.82) is 0 Å². The molecule has 0 saturated heterocycles. The molecule has 0 atom stereocenters. The van der Waals surface area contributed by atoms with Crippen molar-refractivity contribution in [1.82, 2.24) is 15.0 Å². The average Bonchev–Trinajstić information content (AvgIpc) is 3.01. The van der Waals surface area contributed by atoms with Gasteiger partial charge in [-0.3, -0.25) is 14.6 Å². The van der Waals surface area contributed by atoms with Gasteiger partial charge in [0.2, 0.25) is 5.91 Å². The summed E-state index contributed by atoms with van der Waals surface area (Å²) in [5.41, 5.74) is 11.1. The van der Waals surface area contributed by atoms with E-state index in [2.05, 4.69) is 9.88 Å². The molecule has 10 heteroatoms. The molecule has 2 rings (SSSR count). The number of ether oxygens (including phenoxy) is 1. The summed E-state index contributed by atoms with van der Waals surface area (Å²) in [6.07, 6.45) is 3.76. The van der Waals surface area contributed by atoms with Gasteiger partial charge in [0.1, 0.15) is 0 Å². The topological polar surface area (TPSA) is 106 Å². The normalized spacial score (nSPS) is 11.0. The van der Waals surface area contributed by atoms with Crippen molar-refractivity contribution in [3.05, 3.63) is 12.1 Å². The highest BCUT2D eigenvalue weighted by molar-refractivity contribution is 6.18. The van der Waals surface area contributed by atoms with Gasteiger partial charge in [-0.1, -0.05) is 12.8 Å². The molecule has 1 amide bonds. The first-order valence-electron chi connectivity index (χ1n) is 9.70. The Morgan fingerprint density at radius 2 is 1.93 bits per heavy atom. The molecule has 0 aliphatic heterocycles. The van der Waals surface area contributed by atoms with E-state index < -0.39 is 0 Å². The monoisotopic (exact) mass is 445 g/mol. The summed E-state index contributed by atoms with van der Waals surface area (Å²) in [6, 6.07) is 4.38. The maximum Gasteiger partial charge on any atom is 0.297 e. The number of hydroxylamine groups is 1. The molecule has 0 bridgehead atoms. The molecule has 29 heavy (non-hydrogen) atoms. The van der Waals surface area contributed by atoms with E-state index in [-0.39, 0.29) is 5.91 Å². The molecule has 0 fully saturated rings. The highest BCUT2D eigenvalue weighted by Crippen LogP contribution is 2.31. The number of hydrogen-bond donors (Lipinski definition) is 3. The molecule has 0 spiro atoms. The molecular weight excluding hydrogens is 417 g/mol. The van der Waals surface area contributed by atoms with Crippen LogP contribution in [0.1, 0.15) is 32.1 Å². The Hall–Kier alpha value is -1.90. The average molecular weight is 446 g/mol. The number of nitrogens with one attached hydrogen (secondary N) is 1. The van der Waals surface area contributed by atoms with E-state index in [0.717, 1.165) is 42.4 Å². The molecule has 0 unspecified atom stereocenters. The third-order valence-electron chi connectivity index (χ3n) is 4.69. The van der Waals surface area contributed by atoms with Crippen LogP contribution in [0.4, 0.5) is 11.4 Å². The van der Waals surface area contributed by atoms with Gasteiger partial charge in [-0.25, -0.2) is 5.48 Å². The fourth-order valence-corrected chi connectivity index (χ4v) is 3.55. The number of halogens is 2. The summed E-state index contributed by atoms with van der Waals surface area (Å²) in [5, 5.41) is 8.45. The van der Waals surface area contributed by atoms with E-state index in [0.29, 0.717) is 49.6 Å². The number of unbranched alkanes of at least 4 members (excludes halogenated alkanes) is 3. The van der Waals surface area contributed by atoms with Crippen LogP contribution in [0.5, 0.6) is 6.01 Å². The number of imidazole rings is 1. The summed E-state index contributed by atoms with van der Waals surface area (Å²) < 4.78 is 7.73. The third-order valence-corrected chi connectivity index (χ3v) is 5.03. The molecule has 1 aromatic carbocycles. The summed E-state index contributed by atoms with van der Waals surface area (Å²) in [7, 11) is 1.90. The van der Waals surface area contributed by atoms with Crippen molar-refractivity contribution >= 4 is 51.5 Å². The van der Waals surface area contributed by atoms with Crippen molar-refractivity contribution in [2.75, 3.05) is 42.1 Å². The van der Waals surface area contributed by atoms with Gasteiger partial charge in [0.05, 0.1) is 29.0 Å². The van der Waals surface area contributed by atoms with E-state index >= 15 is 0 Å². The SMILES string of the molecule is Cn1c(OCCCCCCC(=O)NO)nc2cc(N(CCCl)CCCl)c(N)cc21. The van der Waals surface area contributed by atoms with Crippen LogP contribution in [0.15, 0.2) is 12.1 Å². The Morgan fingerprint density at radius 3 is 2.59 bits per heavy atom. The highest BCUT2D eigenvalue weighted by Gasteiger charge is 2.15. The number of benzene rings is 1. The van der Waals surface area contributed by atoms with Crippen LogP contribution in [0.25, 0.3) is 11.0 Å². The third kappa shape index (κ3) is 6.55. The number of aromatic nitrogens is 2. The molecule has 2 aromatic rings. The molecule has 162 valence electrons. The molecule has 8 nitrogen and oxygen atoms in total. The minimum Gasteiger partial charge on any atom is -0.465 e. The number of nitrogen functional groups attached to an aromatic ring is 1. The Kier molecular flexibility index (Phi) is 9.63. The van der Waals surface area contributed by atoms with Crippen LogP contribution < -0.4 is 20.9 Å². The number of rotatable bonds is 13. The summed E-state index contributed by atoms with van der Waals surface area (Å²) in [5.74, 6) is 0.612. The first-order valence-corrected chi connectivity index (χ1v) is 10.8. The van der Waals surface area contributed by atoms with Crippen LogP contribution >= 0.6 is 23.2 Å². The second kappa shape index (κ2) is 11.9. The lowest BCUT2D eigenvalue weighted by molar-refractivity contribution is -0.129. The van der Waals surface area contributed by atoms with Crippen LogP contribution in [0, 0.1) is 0 Å². The van der Waals surface area contributed by atoms with Crippen molar-refractivity contribution in [3.63, 3.8) is 0 Å². The van der Waals surface area contributed by atoms with Gasteiger partial charge in [0.25, 0.3) is 6.01 Å². The molecule has 4 N–H and O–H groups in total. The van der Waals surface area contributed by atoms with E-state index in [4.69, 9.17) is 38.9 Å². The van der Waals surface area contributed by atoms with E-state index in [1.54, 1.807) is 5.48 Å². The smallest absolute Gasteiger partial charge is 0.297 e. The van der Waals surface area contributed by atoms with Crippen LogP contribution in [0.2, 0.25) is 0 Å². The second-order valence-electron chi connectivity index (χ2n) is 6.77. The summed E-state index contributed by atoms with van der Waals surface area (Å²) >= 11 is 11.8. The minimum absolute atomic E-state index is 0.330. The van der Waals surface area contributed by atoms with Gasteiger partial charge in [0, 0.05) is 38.3 Å². The van der Waals surface area contributed by atoms with Crippen molar-refractivity contribution in [2.24, 2.45) is 7.05 Å². The van der Waals surface area contributed by atoms with Crippen LogP contribution in [-0.2, 0) is 11.8 Å². The first-order chi connectivity index (χ1) is 14.0. The van der Waals surface area contributed by atoms with E-state index in [1.807, 2.05) is 23.7 Å². The fourth-order valence-electron chi connectivity index (χ4n) is 3.14. The van der Waals surface area contributed by atoms with Gasteiger partial charge in [-0.15, -0.1) is 23.2 Å². The molecule has 1 heterocycles. The van der Waals surface area contributed by atoms with Gasteiger partial charge >= 0.3 is 0 Å². The van der Waals surface area contributed by atoms with Crippen molar-refractivity contribution in [2.45, 2.75) is 32.1 Å². The number of amides is 1. The molecule has 0 radical (unpaired) electrons. The predicted molar refractivity (Wildman–Crippen MR) is 117 cm³/mol. The number of nitrogens with zero attached hydrogens (tertiary/aromatic N) is 3. The second-order valence-corrected chi connectivity index (χ2v) is 7.52. The Morgan fingerprint density at radius 1 is 1.24 bits per heavy atom. The number of hydrogen-bond acceptors (Lipinski definition) is 6. The zero-order valence-electron chi connectivity index (χ0n) is 16.7. The molecule has 0 saturated carbocycles. The number of carbonyl (C=O) groups excluding carboxylic acids is 1. The number of alkyl halides is 2. The Labute approximate surface area is 180 Å². The Balaban J connectivity index is 1.97. The van der Waals surface area contributed by atoms with Crippen molar-refractivity contribution < 1.29 is 14.7 Å². The lowest BCUT2D eigenvalue weighted by Gasteiger charge is -2.24. The maximum absolute atomic E-state index is 10.9. The molecule has 0 aliphatic carbocycles. The minimum atomic E-state index is -0.352. The maximum atomic E-state index is 10.9. The number of anilines is 2. The lowest BCUT2D eigenvalue weighted by Crippen LogP contribution is -2.28. The van der Waals surface area contributed by atoms with Crippen LogP contribution in [0.3, 0.4) is 0 Å². The number of fused-ring (bicyclic) bond motifs is 1. The van der Waals surface area contributed by atoms with Crippen molar-refractivity contribution in [3.8, 4) is 6.01 Å². The van der Waals surface area contributed by atoms with Gasteiger partial charge in [-0.2, -0.15) is 4.98 Å². The highest BCUT2D eigenvalue weighted by atomic mass is 35.5. The molecular formula is C19H29Cl2N5O3. The first kappa shape index (κ1) is 23.4. The fraction of sp³-hybridized carbons (Fsp3) is 0.579. The van der Waals surface area contributed by atoms with Gasteiger partial charge in [0.15, 0.2) is 0 Å². The predicted octanol–water partition coefficient (Wildman–Crippen LogP) is 3.27. The van der Waals surface area contributed by atoms with Gasteiger partial charge in [-0.05, 0) is 25.0 Å². The molecule has 1 aromatic heterocycles. The largest absolute Gasteiger partial charge is 0.465 e. The zero-order chi connectivity index (χ0) is 21.2. The molecule has 0 aliphatic rings. The quantitative estimate of drug-likeness (QED) is 0.143. The summed E-state index contributed by atoms with van der Waals surface area (Å²) in [4.78, 5) is 17.6. The lowest BCUT2D eigenvalue weighted by atomic mass is 10.1. The van der Waals surface area contributed by atoms with Crippen LogP contribution in [-0.4, -0.2) is 52.1 Å². The number of carbonyl (C=O) groups is 1.